The van der Waals surface area contributed by atoms with Crippen molar-refractivity contribution >= 4 is 13.6 Å². The summed E-state index contributed by atoms with van der Waals surface area (Å²) < 4.78 is 10.8. The number of hydrogen-bond acceptors (Lipinski definition) is 2. The van der Waals surface area contributed by atoms with E-state index in [1.165, 1.54) is 0 Å². The molecule has 0 amide bonds. The molecule has 3 N–H and O–H groups in total. The Morgan fingerprint density at radius 1 is 1.38 bits per heavy atom. The summed E-state index contributed by atoms with van der Waals surface area (Å²) in [4.78, 5) is 27.9. The number of rotatable bonds is 6. The van der Waals surface area contributed by atoms with Crippen molar-refractivity contribution in [3.8, 4) is 0 Å². The molecule has 0 radical (unpaired) electrons. The molecule has 6 heteroatoms. The Morgan fingerprint density at radius 2 is 1.92 bits per heavy atom. The first-order chi connectivity index (χ1) is 5.88. The molecule has 0 aliphatic rings. The summed E-state index contributed by atoms with van der Waals surface area (Å²) in [7, 11) is -4.11. The monoisotopic (exact) mass is 210 g/mol. The summed E-state index contributed by atoms with van der Waals surface area (Å²) in [5, 5.41) is 8.34. The van der Waals surface area contributed by atoms with Gasteiger partial charge in [0.15, 0.2) is 0 Å². The highest BCUT2D eigenvalue weighted by Gasteiger charge is 2.27. The van der Waals surface area contributed by atoms with Crippen molar-refractivity contribution in [2.24, 2.45) is 0 Å². The Kier molecular flexibility index (Phi) is 5.21. The molecule has 0 fully saturated rings. The van der Waals surface area contributed by atoms with E-state index in [2.05, 4.69) is 0 Å². The Balaban J connectivity index is 4.11. The van der Waals surface area contributed by atoms with Crippen molar-refractivity contribution in [2.75, 3.05) is 0 Å². The highest BCUT2D eigenvalue weighted by atomic mass is 31.2. The lowest BCUT2D eigenvalue weighted by molar-refractivity contribution is -0.137. The molecule has 13 heavy (non-hydrogen) atoms. The fourth-order valence-electron chi connectivity index (χ4n) is 1.10. The van der Waals surface area contributed by atoms with Crippen molar-refractivity contribution in [3.63, 3.8) is 0 Å². The lowest BCUT2D eigenvalue weighted by Crippen LogP contribution is -2.10. The first kappa shape index (κ1) is 12.6. The Bertz CT molecular complexity index is 209. The van der Waals surface area contributed by atoms with E-state index in [0.29, 0.717) is 12.8 Å². The van der Waals surface area contributed by atoms with Gasteiger partial charge in [0.2, 0.25) is 0 Å². The molecular weight excluding hydrogens is 195 g/mol. The van der Waals surface area contributed by atoms with Crippen molar-refractivity contribution in [2.45, 2.75) is 38.3 Å². The minimum absolute atomic E-state index is 0.0491. The molecule has 1 atom stereocenters. The summed E-state index contributed by atoms with van der Waals surface area (Å²) in [6.45, 7) is 1.81. The second-order valence-corrected chi connectivity index (χ2v) is 4.87. The second-order valence-electron chi connectivity index (χ2n) is 2.96. The average molecular weight is 210 g/mol. The van der Waals surface area contributed by atoms with Crippen LogP contribution in [0.2, 0.25) is 0 Å². The highest BCUT2D eigenvalue weighted by Crippen LogP contribution is 2.45. The summed E-state index contributed by atoms with van der Waals surface area (Å²) in [6.07, 6.45) is 0.885. The maximum atomic E-state index is 10.8. The van der Waals surface area contributed by atoms with Crippen LogP contribution in [0.4, 0.5) is 0 Å². The van der Waals surface area contributed by atoms with Crippen LogP contribution in [0.15, 0.2) is 0 Å². The van der Waals surface area contributed by atoms with Crippen molar-refractivity contribution in [1.29, 1.82) is 0 Å². The van der Waals surface area contributed by atoms with E-state index >= 15 is 0 Å². The van der Waals surface area contributed by atoms with E-state index in [-0.39, 0.29) is 12.8 Å². The van der Waals surface area contributed by atoms with Crippen molar-refractivity contribution in [1.82, 2.24) is 0 Å². The molecule has 0 saturated carbocycles. The van der Waals surface area contributed by atoms with Crippen molar-refractivity contribution < 1.29 is 24.3 Å². The first-order valence-corrected chi connectivity index (χ1v) is 5.83. The van der Waals surface area contributed by atoms with Gasteiger partial charge in [-0.25, -0.2) is 0 Å². The zero-order valence-corrected chi connectivity index (χ0v) is 8.41. The molecule has 1 unspecified atom stereocenters. The summed E-state index contributed by atoms with van der Waals surface area (Å²) in [5.74, 6) is -1.02. The van der Waals surface area contributed by atoms with Crippen LogP contribution in [-0.2, 0) is 9.36 Å². The highest BCUT2D eigenvalue weighted by molar-refractivity contribution is 7.52. The summed E-state index contributed by atoms with van der Waals surface area (Å²) in [6, 6.07) is 0. The van der Waals surface area contributed by atoms with Gasteiger partial charge >= 0.3 is 13.6 Å². The average Bonchev–Trinajstić information content (AvgIpc) is 1.95. The van der Waals surface area contributed by atoms with Gasteiger partial charge in [0.05, 0.1) is 5.66 Å². The SMILES string of the molecule is CCCC(CCC(=O)O)P(=O)(O)O. The Labute approximate surface area is 76.9 Å². The molecular formula is C7H15O5P. The smallest absolute Gasteiger partial charge is 0.328 e. The molecule has 0 bridgehead atoms. The lowest BCUT2D eigenvalue weighted by atomic mass is 10.1. The normalized spacial score (nSPS) is 14.1. The van der Waals surface area contributed by atoms with Gasteiger partial charge in [-0.05, 0) is 12.8 Å². The Hall–Kier alpha value is -0.380. The van der Waals surface area contributed by atoms with Gasteiger partial charge in [-0.1, -0.05) is 13.3 Å². The van der Waals surface area contributed by atoms with Gasteiger partial charge < -0.3 is 14.9 Å². The second kappa shape index (κ2) is 5.37. The molecule has 0 heterocycles. The summed E-state index contributed by atoms with van der Waals surface area (Å²) in [5.41, 5.74) is -0.798. The molecule has 0 aliphatic carbocycles. The molecule has 5 nitrogen and oxygen atoms in total. The maximum Gasteiger partial charge on any atom is 0.328 e. The fourth-order valence-corrected chi connectivity index (χ4v) is 2.16. The van der Waals surface area contributed by atoms with E-state index in [4.69, 9.17) is 14.9 Å². The lowest BCUT2D eigenvalue weighted by Gasteiger charge is -2.16. The third-order valence-corrected chi connectivity index (χ3v) is 3.26. The minimum Gasteiger partial charge on any atom is -0.481 e. The standard InChI is InChI=1S/C7H15O5P/c1-2-3-6(13(10,11)12)4-5-7(8)9/h6H,2-5H2,1H3,(H,8,9)(H2,10,11,12). The van der Waals surface area contributed by atoms with Crippen LogP contribution in [0.3, 0.4) is 0 Å². The quantitative estimate of drug-likeness (QED) is 0.572. The van der Waals surface area contributed by atoms with Crippen LogP contribution in [0.1, 0.15) is 32.6 Å². The fraction of sp³-hybridized carbons (Fsp3) is 0.857. The molecule has 0 saturated heterocycles. The predicted octanol–water partition coefficient (Wildman–Crippen LogP) is 1.20. The zero-order valence-electron chi connectivity index (χ0n) is 7.51. The third-order valence-electron chi connectivity index (χ3n) is 1.79. The Morgan fingerprint density at radius 3 is 2.23 bits per heavy atom. The van der Waals surface area contributed by atoms with Crippen LogP contribution < -0.4 is 0 Å². The molecule has 0 aromatic heterocycles. The van der Waals surface area contributed by atoms with Gasteiger partial charge in [0.1, 0.15) is 0 Å². The number of carbonyl (C=O) groups is 1. The molecule has 0 aromatic carbocycles. The molecule has 0 rings (SSSR count). The van der Waals surface area contributed by atoms with E-state index in [1.807, 2.05) is 6.92 Å². The van der Waals surface area contributed by atoms with Gasteiger partial charge in [-0.15, -0.1) is 0 Å². The van der Waals surface area contributed by atoms with E-state index < -0.39 is 19.2 Å². The van der Waals surface area contributed by atoms with Crippen molar-refractivity contribution in [3.05, 3.63) is 0 Å². The molecule has 78 valence electrons. The number of carboxylic acid groups (broad SMARTS) is 1. The van der Waals surface area contributed by atoms with Crippen LogP contribution in [0.25, 0.3) is 0 Å². The van der Waals surface area contributed by atoms with Crippen LogP contribution >= 0.6 is 7.60 Å². The van der Waals surface area contributed by atoms with E-state index in [0.717, 1.165) is 0 Å². The van der Waals surface area contributed by atoms with Gasteiger partial charge in [0, 0.05) is 6.42 Å². The topological polar surface area (TPSA) is 94.8 Å². The predicted molar refractivity (Wildman–Crippen MR) is 47.6 cm³/mol. The van der Waals surface area contributed by atoms with Crippen LogP contribution in [0.5, 0.6) is 0 Å². The third kappa shape index (κ3) is 5.80. The van der Waals surface area contributed by atoms with Crippen LogP contribution in [0, 0.1) is 0 Å². The van der Waals surface area contributed by atoms with E-state index in [9.17, 15) is 9.36 Å². The molecule has 0 aliphatic heterocycles. The van der Waals surface area contributed by atoms with E-state index in [1.54, 1.807) is 0 Å². The van der Waals surface area contributed by atoms with Gasteiger partial charge in [-0.2, -0.15) is 0 Å². The van der Waals surface area contributed by atoms with Crippen LogP contribution in [-0.4, -0.2) is 26.5 Å². The number of aliphatic carboxylic acids is 1. The largest absolute Gasteiger partial charge is 0.481 e. The maximum absolute atomic E-state index is 10.8. The first-order valence-electron chi connectivity index (χ1n) is 4.15. The molecule has 0 aromatic rings. The summed E-state index contributed by atoms with van der Waals surface area (Å²) >= 11 is 0. The molecule has 0 spiro atoms. The zero-order chi connectivity index (χ0) is 10.5. The number of hydrogen-bond donors (Lipinski definition) is 3. The minimum atomic E-state index is -4.11. The van der Waals surface area contributed by atoms with Gasteiger partial charge in [0.25, 0.3) is 0 Å². The van der Waals surface area contributed by atoms with Gasteiger partial charge in [-0.3, -0.25) is 9.36 Å². The number of carboxylic acids is 1.